The molecule has 1 saturated heterocycles. The molecule has 1 amide bonds. The van der Waals surface area contributed by atoms with Gasteiger partial charge in [-0.15, -0.1) is 0 Å². The molecule has 0 radical (unpaired) electrons. The quantitative estimate of drug-likeness (QED) is 0.265. The molecule has 0 bridgehead atoms. The Morgan fingerprint density at radius 3 is 2.60 bits per heavy atom. The van der Waals surface area contributed by atoms with Gasteiger partial charge in [0.25, 0.3) is 0 Å². The van der Waals surface area contributed by atoms with E-state index in [0.29, 0.717) is 6.42 Å². The molecule has 0 saturated carbocycles. The first-order chi connectivity index (χ1) is 14.2. The number of hydrogen-bond donors (Lipinski definition) is 1. The fourth-order valence-corrected chi connectivity index (χ4v) is 2.89. The molecule has 0 spiro atoms. The predicted molar refractivity (Wildman–Crippen MR) is 125 cm³/mol. The van der Waals surface area contributed by atoms with Crippen molar-refractivity contribution in [2.45, 2.75) is 65.4 Å². The second-order valence-electron chi connectivity index (χ2n) is 6.76. The van der Waals surface area contributed by atoms with Crippen LogP contribution >= 0.6 is 37.2 Å². The van der Waals surface area contributed by atoms with E-state index in [-0.39, 0.29) is 18.6 Å². The summed E-state index contributed by atoms with van der Waals surface area (Å²) < 4.78 is 31.2. The minimum atomic E-state index is -1.02. The monoisotopic (exact) mass is 653 g/mol. The van der Waals surface area contributed by atoms with E-state index in [2.05, 4.69) is 47.5 Å². The first-order valence-electron chi connectivity index (χ1n) is 9.44. The summed E-state index contributed by atoms with van der Waals surface area (Å²) in [7, 11) is 0. The van der Waals surface area contributed by atoms with Crippen LogP contribution in [-0.2, 0) is 19.0 Å². The maximum absolute atomic E-state index is 14.4. The molecule has 12 heteroatoms. The molecule has 0 aromatic carbocycles. The highest BCUT2D eigenvalue weighted by Gasteiger charge is 2.43. The highest BCUT2D eigenvalue weighted by molar-refractivity contribution is 15.0. The molecule has 1 N–H and O–H groups in total. The molecule has 2 heterocycles. The first-order valence-corrected chi connectivity index (χ1v) is 15.7. The molecular weight excluding hydrogens is 627 g/mol. The zero-order valence-electron chi connectivity index (χ0n) is 17.2. The summed E-state index contributed by atoms with van der Waals surface area (Å²) >= 11 is 4.24. The molecule has 9 nitrogen and oxygen atoms in total. The van der Waals surface area contributed by atoms with E-state index in [1.807, 2.05) is 6.92 Å². The lowest BCUT2D eigenvalue weighted by Crippen LogP contribution is -2.36. The SMILES string of the molecule is CCCCCOC(=O)Nc1nc(=O)n(C2O[C@H](C)[C@@H](C)[C@H]2OC(C)=O)cc1F.II. The van der Waals surface area contributed by atoms with Crippen LogP contribution in [0.2, 0.25) is 0 Å². The molecule has 1 aliphatic heterocycles. The Morgan fingerprint density at radius 1 is 1.33 bits per heavy atom. The van der Waals surface area contributed by atoms with E-state index in [9.17, 15) is 18.8 Å². The van der Waals surface area contributed by atoms with Gasteiger partial charge in [0.05, 0.1) is 18.9 Å². The van der Waals surface area contributed by atoms with Crippen molar-refractivity contribution in [2.24, 2.45) is 5.92 Å². The van der Waals surface area contributed by atoms with Gasteiger partial charge in [-0.1, -0.05) is 26.7 Å². The van der Waals surface area contributed by atoms with Crippen LogP contribution in [0.1, 0.15) is 53.2 Å². The third-order valence-electron chi connectivity index (χ3n) is 4.58. The lowest BCUT2D eigenvalue weighted by Gasteiger charge is -2.22. The number of ether oxygens (including phenoxy) is 3. The second kappa shape index (κ2) is 13.4. The molecule has 170 valence electrons. The van der Waals surface area contributed by atoms with Crippen LogP contribution in [0.3, 0.4) is 0 Å². The number of halogens is 3. The van der Waals surface area contributed by atoms with Crippen molar-refractivity contribution in [3.63, 3.8) is 0 Å². The number of unbranched alkanes of at least 4 members (excludes halogenated alkanes) is 2. The van der Waals surface area contributed by atoms with Crippen LogP contribution < -0.4 is 11.0 Å². The highest BCUT2D eigenvalue weighted by Crippen LogP contribution is 2.35. The summed E-state index contributed by atoms with van der Waals surface area (Å²) in [5, 5.41) is 2.12. The van der Waals surface area contributed by atoms with E-state index in [1.165, 1.54) is 6.92 Å². The van der Waals surface area contributed by atoms with Gasteiger partial charge in [0.2, 0.25) is 0 Å². The lowest BCUT2D eigenvalue weighted by molar-refractivity contribution is -0.153. The number of carbonyl (C=O) groups is 2. The lowest BCUT2D eigenvalue weighted by atomic mass is 10.0. The van der Waals surface area contributed by atoms with Gasteiger partial charge in [-0.3, -0.25) is 14.7 Å². The van der Waals surface area contributed by atoms with E-state index >= 15 is 0 Å². The van der Waals surface area contributed by atoms with Gasteiger partial charge >= 0.3 is 17.8 Å². The van der Waals surface area contributed by atoms with Crippen molar-refractivity contribution >= 4 is 55.1 Å². The van der Waals surface area contributed by atoms with Crippen molar-refractivity contribution < 1.29 is 28.2 Å². The molecule has 1 aromatic heterocycles. The van der Waals surface area contributed by atoms with Gasteiger partial charge in [-0.2, -0.15) is 4.98 Å². The fraction of sp³-hybridized carbons (Fsp3) is 0.667. The number of rotatable bonds is 7. The van der Waals surface area contributed by atoms with Crippen LogP contribution in [0.4, 0.5) is 15.0 Å². The number of anilines is 1. The molecular formula is C18H26FI2N3O6. The number of nitrogens with one attached hydrogen (secondary N) is 1. The van der Waals surface area contributed by atoms with Gasteiger partial charge in [0.1, 0.15) is 0 Å². The van der Waals surface area contributed by atoms with Crippen LogP contribution in [-0.4, -0.2) is 40.4 Å². The Morgan fingerprint density at radius 2 is 2.00 bits per heavy atom. The zero-order chi connectivity index (χ0) is 22.8. The van der Waals surface area contributed by atoms with Gasteiger partial charge in [0.15, 0.2) is 24.0 Å². The van der Waals surface area contributed by atoms with Crippen molar-refractivity contribution in [3.8, 4) is 0 Å². The number of hydrogen-bond acceptors (Lipinski definition) is 7. The van der Waals surface area contributed by atoms with Crippen LogP contribution in [0.15, 0.2) is 11.0 Å². The van der Waals surface area contributed by atoms with E-state index < -0.39 is 41.7 Å². The van der Waals surface area contributed by atoms with Crippen LogP contribution in [0.25, 0.3) is 0 Å². The van der Waals surface area contributed by atoms with E-state index in [0.717, 1.165) is 23.6 Å². The van der Waals surface area contributed by atoms with Crippen molar-refractivity contribution in [1.82, 2.24) is 9.55 Å². The zero-order valence-corrected chi connectivity index (χ0v) is 21.5. The maximum atomic E-state index is 14.4. The predicted octanol–water partition coefficient (Wildman–Crippen LogP) is 4.38. The first kappa shape index (κ1) is 27.0. The summed E-state index contributed by atoms with van der Waals surface area (Å²) in [6, 6.07) is 0. The van der Waals surface area contributed by atoms with Crippen molar-refractivity contribution in [3.05, 3.63) is 22.5 Å². The summed E-state index contributed by atoms with van der Waals surface area (Å²) in [5.41, 5.74) is -0.855. The van der Waals surface area contributed by atoms with Gasteiger partial charge in [-0.05, 0) is 13.3 Å². The van der Waals surface area contributed by atoms with Gasteiger partial charge < -0.3 is 14.2 Å². The summed E-state index contributed by atoms with van der Waals surface area (Å²) in [4.78, 5) is 39.0. The average Bonchev–Trinajstić information content (AvgIpc) is 2.97. The molecule has 2 rings (SSSR count). The number of amides is 1. The molecule has 1 aromatic rings. The summed E-state index contributed by atoms with van der Waals surface area (Å²) in [6.07, 6.45) is 0.429. The average molecular weight is 653 g/mol. The van der Waals surface area contributed by atoms with Crippen molar-refractivity contribution in [1.29, 1.82) is 0 Å². The third-order valence-corrected chi connectivity index (χ3v) is 4.58. The number of nitrogens with zero attached hydrogens (tertiary/aromatic N) is 2. The molecule has 30 heavy (non-hydrogen) atoms. The number of esters is 1. The Kier molecular flexibility index (Phi) is 12.1. The fourth-order valence-electron chi connectivity index (χ4n) is 2.89. The standard InChI is InChI=1S/C18H26FN3O6.I2/c1-5-6-7-8-26-18(25)21-15-13(19)9-22(17(24)20-15)16-14(28-12(4)23)10(2)11(3)27-16;1-2/h9-11,14,16H,5-8H2,1-4H3,(H,20,21,24,25);/t10-,11-,14-,16?;/m1./s1. The summed E-state index contributed by atoms with van der Waals surface area (Å²) in [5.74, 6) is -2.22. The number of carbonyl (C=O) groups excluding carboxylic acids is 2. The minimum absolute atomic E-state index is 0.189. The van der Waals surface area contributed by atoms with Crippen LogP contribution in [0, 0.1) is 11.7 Å². The molecule has 1 fully saturated rings. The van der Waals surface area contributed by atoms with Crippen molar-refractivity contribution in [2.75, 3.05) is 11.9 Å². The van der Waals surface area contributed by atoms with Gasteiger partial charge in [0, 0.05) is 50.1 Å². The highest BCUT2D eigenvalue weighted by atomic mass is 128. The Bertz CT molecular complexity index is 779. The topological polar surface area (TPSA) is 109 Å². The molecule has 1 unspecified atom stereocenters. The molecule has 0 aliphatic carbocycles. The minimum Gasteiger partial charge on any atom is -0.457 e. The Hall–Kier alpha value is -1.03. The Labute approximate surface area is 197 Å². The second-order valence-corrected chi connectivity index (χ2v) is 6.76. The van der Waals surface area contributed by atoms with E-state index in [1.54, 1.807) is 13.8 Å². The van der Waals surface area contributed by atoms with E-state index in [4.69, 9.17) is 14.2 Å². The maximum Gasteiger partial charge on any atom is 0.412 e. The smallest absolute Gasteiger partial charge is 0.412 e. The molecule has 4 atom stereocenters. The number of aromatic nitrogens is 2. The van der Waals surface area contributed by atoms with Crippen LogP contribution in [0.5, 0.6) is 0 Å². The summed E-state index contributed by atoms with van der Waals surface area (Å²) in [6.45, 7) is 7.01. The molecule has 1 aliphatic rings. The normalized spacial score (nSPS) is 22.6. The van der Waals surface area contributed by atoms with Gasteiger partial charge in [-0.25, -0.2) is 14.0 Å². The Balaban J connectivity index is 0.00000218. The third kappa shape index (κ3) is 7.59. The largest absolute Gasteiger partial charge is 0.457 e.